The predicted molar refractivity (Wildman–Crippen MR) is 73.3 cm³/mol. The van der Waals surface area contributed by atoms with E-state index in [-0.39, 0.29) is 5.91 Å². The topological polar surface area (TPSA) is 65.5 Å². The average molecular weight is 248 g/mol. The Balaban J connectivity index is 2.18. The van der Waals surface area contributed by atoms with E-state index < -0.39 is 0 Å². The van der Waals surface area contributed by atoms with Crippen molar-refractivity contribution in [2.75, 3.05) is 20.6 Å². The van der Waals surface area contributed by atoms with E-state index in [9.17, 15) is 4.79 Å². The van der Waals surface area contributed by atoms with Crippen LogP contribution in [0.2, 0.25) is 0 Å². The van der Waals surface area contributed by atoms with Crippen molar-refractivity contribution in [2.45, 2.75) is 13.0 Å². The Bertz CT molecular complexity index is 389. The predicted octanol–water partition coefficient (Wildman–Crippen LogP) is 0.488. The number of nitrogens with zero attached hydrogens (tertiary/aromatic N) is 1. The first-order valence-electron chi connectivity index (χ1n) is 5.95. The maximum absolute atomic E-state index is 11.6. The molecule has 5 heteroatoms. The fourth-order valence-electron chi connectivity index (χ4n) is 1.46. The molecule has 0 unspecified atom stereocenters. The lowest BCUT2D eigenvalue weighted by molar-refractivity contribution is -0.121. The zero-order chi connectivity index (χ0) is 13.2. The largest absolute Gasteiger partial charge is 0.359 e. The van der Waals surface area contributed by atoms with E-state index in [1.807, 2.05) is 30.3 Å². The van der Waals surface area contributed by atoms with Gasteiger partial charge in [-0.05, 0) is 5.56 Å². The Morgan fingerprint density at radius 2 is 1.94 bits per heavy atom. The van der Waals surface area contributed by atoms with Gasteiger partial charge in [0.15, 0.2) is 5.96 Å². The summed E-state index contributed by atoms with van der Waals surface area (Å²) >= 11 is 0. The van der Waals surface area contributed by atoms with Crippen LogP contribution < -0.4 is 16.0 Å². The molecule has 0 aliphatic rings. The van der Waals surface area contributed by atoms with Crippen LogP contribution in [0.4, 0.5) is 0 Å². The molecular formula is C13H20N4O. The molecule has 0 fully saturated rings. The fraction of sp³-hybridized carbons (Fsp3) is 0.385. The van der Waals surface area contributed by atoms with Crippen molar-refractivity contribution in [2.24, 2.45) is 4.99 Å². The van der Waals surface area contributed by atoms with E-state index in [1.54, 1.807) is 14.1 Å². The van der Waals surface area contributed by atoms with E-state index in [2.05, 4.69) is 20.9 Å². The second-order valence-electron chi connectivity index (χ2n) is 3.76. The number of benzene rings is 1. The van der Waals surface area contributed by atoms with Crippen LogP contribution in [0.5, 0.6) is 0 Å². The molecule has 0 saturated carbocycles. The highest BCUT2D eigenvalue weighted by atomic mass is 16.1. The van der Waals surface area contributed by atoms with Crippen molar-refractivity contribution >= 4 is 11.9 Å². The number of hydrogen-bond donors (Lipinski definition) is 3. The summed E-state index contributed by atoms with van der Waals surface area (Å²) in [6, 6.07) is 9.85. The van der Waals surface area contributed by atoms with Crippen molar-refractivity contribution in [3.8, 4) is 0 Å². The molecule has 0 aliphatic carbocycles. The van der Waals surface area contributed by atoms with Gasteiger partial charge in [0.05, 0.1) is 0 Å². The van der Waals surface area contributed by atoms with Crippen LogP contribution in [0.1, 0.15) is 12.0 Å². The zero-order valence-corrected chi connectivity index (χ0v) is 10.9. The third-order valence-electron chi connectivity index (χ3n) is 2.44. The van der Waals surface area contributed by atoms with Crippen molar-refractivity contribution in [1.82, 2.24) is 16.0 Å². The minimum Gasteiger partial charge on any atom is -0.359 e. The molecule has 0 atom stereocenters. The van der Waals surface area contributed by atoms with Crippen molar-refractivity contribution < 1.29 is 4.79 Å². The van der Waals surface area contributed by atoms with Gasteiger partial charge >= 0.3 is 0 Å². The Kier molecular flexibility index (Phi) is 6.32. The van der Waals surface area contributed by atoms with Gasteiger partial charge in [-0.3, -0.25) is 9.79 Å². The van der Waals surface area contributed by atoms with Gasteiger partial charge in [-0.15, -0.1) is 0 Å². The Hall–Kier alpha value is -2.04. The quantitative estimate of drug-likeness (QED) is 0.525. The highest BCUT2D eigenvalue weighted by Crippen LogP contribution is 1.97. The molecule has 1 rings (SSSR count). The van der Waals surface area contributed by atoms with Gasteiger partial charge in [-0.25, -0.2) is 0 Å². The molecule has 0 saturated heterocycles. The van der Waals surface area contributed by atoms with E-state index in [0.717, 1.165) is 5.56 Å². The summed E-state index contributed by atoms with van der Waals surface area (Å²) < 4.78 is 0. The molecule has 3 N–H and O–H groups in total. The first-order chi connectivity index (χ1) is 8.76. The summed E-state index contributed by atoms with van der Waals surface area (Å²) in [7, 11) is 3.47. The smallest absolute Gasteiger partial charge is 0.222 e. The monoisotopic (exact) mass is 248 g/mol. The van der Waals surface area contributed by atoms with Crippen molar-refractivity contribution in [1.29, 1.82) is 0 Å². The molecule has 1 aromatic rings. The Morgan fingerprint density at radius 3 is 2.56 bits per heavy atom. The Labute approximate surface area is 108 Å². The number of hydrogen-bond acceptors (Lipinski definition) is 2. The molecule has 0 bridgehead atoms. The molecule has 0 aliphatic heterocycles. The second-order valence-corrected chi connectivity index (χ2v) is 3.76. The summed E-state index contributed by atoms with van der Waals surface area (Å²) in [4.78, 5) is 15.5. The summed E-state index contributed by atoms with van der Waals surface area (Å²) in [6.45, 7) is 1.13. The molecule has 1 aromatic carbocycles. The van der Waals surface area contributed by atoms with E-state index >= 15 is 0 Å². The highest BCUT2D eigenvalue weighted by molar-refractivity contribution is 5.80. The average Bonchev–Trinajstić information content (AvgIpc) is 2.42. The minimum absolute atomic E-state index is 0.0258. The van der Waals surface area contributed by atoms with Gasteiger partial charge in [0.2, 0.25) is 5.91 Å². The van der Waals surface area contributed by atoms with Crippen LogP contribution in [-0.2, 0) is 11.3 Å². The molecule has 0 heterocycles. The molecule has 18 heavy (non-hydrogen) atoms. The first-order valence-corrected chi connectivity index (χ1v) is 5.95. The molecule has 1 amide bonds. The summed E-state index contributed by atoms with van der Waals surface area (Å²) in [5.41, 5.74) is 1.10. The Morgan fingerprint density at radius 1 is 1.22 bits per heavy atom. The highest BCUT2D eigenvalue weighted by Gasteiger charge is 2.01. The number of rotatable bonds is 5. The number of nitrogens with one attached hydrogen (secondary N) is 3. The normalized spacial score (nSPS) is 10.9. The maximum Gasteiger partial charge on any atom is 0.222 e. The van der Waals surface area contributed by atoms with Gasteiger partial charge in [-0.1, -0.05) is 30.3 Å². The van der Waals surface area contributed by atoms with Crippen LogP contribution in [-0.4, -0.2) is 32.5 Å². The summed E-state index contributed by atoms with van der Waals surface area (Å²) in [5, 5.41) is 8.79. The molecular weight excluding hydrogens is 228 g/mol. The van der Waals surface area contributed by atoms with Crippen molar-refractivity contribution in [3.63, 3.8) is 0 Å². The van der Waals surface area contributed by atoms with Gasteiger partial charge in [0.25, 0.3) is 0 Å². The minimum atomic E-state index is 0.0258. The maximum atomic E-state index is 11.6. The van der Waals surface area contributed by atoms with Crippen LogP contribution >= 0.6 is 0 Å². The number of guanidine groups is 1. The van der Waals surface area contributed by atoms with Crippen LogP contribution in [0, 0.1) is 0 Å². The molecule has 0 radical (unpaired) electrons. The fourth-order valence-corrected chi connectivity index (χ4v) is 1.46. The molecule has 0 spiro atoms. The molecule has 98 valence electrons. The molecule has 0 aromatic heterocycles. The third kappa shape index (κ3) is 5.34. The molecule has 5 nitrogen and oxygen atoms in total. The van der Waals surface area contributed by atoms with Crippen LogP contribution in [0.25, 0.3) is 0 Å². The van der Waals surface area contributed by atoms with Gasteiger partial charge < -0.3 is 16.0 Å². The van der Waals surface area contributed by atoms with Gasteiger partial charge in [0.1, 0.15) is 0 Å². The number of carbonyl (C=O) groups excluding carboxylic acids is 1. The van der Waals surface area contributed by atoms with Crippen LogP contribution in [0.3, 0.4) is 0 Å². The standard InChI is InChI=1S/C13H20N4O/c1-14-13(15-2)16-9-8-12(18)17-10-11-6-4-3-5-7-11/h3-7H,8-10H2,1-2H3,(H,17,18)(H2,14,15,16). The zero-order valence-electron chi connectivity index (χ0n) is 10.9. The van der Waals surface area contributed by atoms with E-state index in [4.69, 9.17) is 0 Å². The van der Waals surface area contributed by atoms with Crippen molar-refractivity contribution in [3.05, 3.63) is 35.9 Å². The van der Waals surface area contributed by atoms with Gasteiger partial charge in [0, 0.05) is 33.6 Å². The second kappa shape index (κ2) is 8.11. The number of amides is 1. The number of carbonyl (C=O) groups is 1. The van der Waals surface area contributed by atoms with E-state index in [0.29, 0.717) is 25.5 Å². The number of aliphatic imine (C=N–C) groups is 1. The van der Waals surface area contributed by atoms with Crippen LogP contribution in [0.15, 0.2) is 35.3 Å². The van der Waals surface area contributed by atoms with Gasteiger partial charge in [-0.2, -0.15) is 0 Å². The van der Waals surface area contributed by atoms with E-state index in [1.165, 1.54) is 0 Å². The first kappa shape index (κ1) is 14.0. The SMILES string of the molecule is CN=C(NC)NCCC(=O)NCc1ccccc1. The lowest BCUT2D eigenvalue weighted by Gasteiger charge is -2.08. The lowest BCUT2D eigenvalue weighted by Crippen LogP contribution is -2.37. The lowest BCUT2D eigenvalue weighted by atomic mass is 10.2. The third-order valence-corrected chi connectivity index (χ3v) is 2.44. The summed E-state index contributed by atoms with van der Waals surface area (Å²) in [6.07, 6.45) is 0.424. The summed E-state index contributed by atoms with van der Waals surface area (Å²) in [5.74, 6) is 0.712.